The van der Waals surface area contributed by atoms with Gasteiger partial charge >= 0.3 is 0 Å². The number of nitrogens with zero attached hydrogens (tertiary/aromatic N) is 3. The fraction of sp³-hybridized carbons (Fsp3) is 0.913. The molecule has 0 aromatic heterocycles. The largest absolute Gasteiger partial charge is 0.353 e. The van der Waals surface area contributed by atoms with Crippen molar-refractivity contribution in [2.75, 3.05) is 52.4 Å². The second-order valence-electron chi connectivity index (χ2n) is 9.96. The van der Waals surface area contributed by atoms with E-state index in [0.29, 0.717) is 18.9 Å². The zero-order chi connectivity index (χ0) is 21.4. The summed E-state index contributed by atoms with van der Waals surface area (Å²) in [4.78, 5) is 32.4. The molecule has 0 aromatic rings. The van der Waals surface area contributed by atoms with Crippen LogP contribution in [0.5, 0.6) is 0 Å². The Morgan fingerprint density at radius 2 is 1.62 bits per heavy atom. The number of piperazine rings is 1. The van der Waals surface area contributed by atoms with Gasteiger partial charge in [-0.25, -0.2) is 0 Å². The van der Waals surface area contributed by atoms with E-state index in [1.54, 1.807) is 0 Å². The first-order valence-corrected chi connectivity index (χ1v) is 11.8. The molecule has 6 heteroatoms. The standard InChI is InChI=1S/C23H44N4O2/c1-6-25(7-2)13-12-24-22(29)21(19-10-8-9-11-19)27-16-14-26(15-17-27)20(28)18-23(3,4)5/h19,21H,6-18H2,1-5H3,(H,24,29). The van der Waals surface area contributed by atoms with Gasteiger partial charge in [0.15, 0.2) is 0 Å². The third-order valence-corrected chi connectivity index (χ3v) is 6.48. The number of rotatable bonds is 9. The van der Waals surface area contributed by atoms with Gasteiger partial charge in [0.1, 0.15) is 0 Å². The smallest absolute Gasteiger partial charge is 0.237 e. The monoisotopic (exact) mass is 408 g/mol. The first kappa shape index (κ1) is 24.1. The molecule has 29 heavy (non-hydrogen) atoms. The van der Waals surface area contributed by atoms with E-state index in [0.717, 1.165) is 58.7 Å². The summed E-state index contributed by atoms with van der Waals surface area (Å²) < 4.78 is 0. The van der Waals surface area contributed by atoms with Crippen LogP contribution in [-0.4, -0.2) is 84.9 Å². The SMILES string of the molecule is CCN(CC)CCNC(=O)C(C1CCCC1)N1CCN(C(=O)CC(C)(C)C)CC1. The van der Waals surface area contributed by atoms with Crippen LogP contribution in [0.25, 0.3) is 0 Å². The number of hydrogen-bond donors (Lipinski definition) is 1. The Balaban J connectivity index is 1.91. The summed E-state index contributed by atoms with van der Waals surface area (Å²) in [5.74, 6) is 0.900. The number of carbonyl (C=O) groups is 2. The van der Waals surface area contributed by atoms with Crippen LogP contribution in [0.1, 0.15) is 66.7 Å². The zero-order valence-electron chi connectivity index (χ0n) is 19.5. The predicted octanol–water partition coefficient (Wildman–Crippen LogP) is 2.58. The van der Waals surface area contributed by atoms with E-state index in [-0.39, 0.29) is 23.3 Å². The molecule has 1 heterocycles. The fourth-order valence-corrected chi connectivity index (χ4v) is 4.75. The minimum absolute atomic E-state index is 0.0192. The lowest BCUT2D eigenvalue weighted by Crippen LogP contribution is -2.58. The minimum atomic E-state index is -0.0333. The maximum atomic E-state index is 13.1. The first-order chi connectivity index (χ1) is 13.7. The van der Waals surface area contributed by atoms with Gasteiger partial charge in [0, 0.05) is 45.7 Å². The molecule has 2 amide bonds. The molecule has 1 aliphatic heterocycles. The summed E-state index contributed by atoms with van der Waals surface area (Å²) in [5, 5.41) is 3.22. The van der Waals surface area contributed by atoms with Crippen molar-refractivity contribution in [3.8, 4) is 0 Å². The lowest BCUT2D eigenvalue weighted by atomic mass is 9.91. The van der Waals surface area contributed by atoms with Gasteiger partial charge in [0.25, 0.3) is 0 Å². The van der Waals surface area contributed by atoms with Crippen LogP contribution < -0.4 is 5.32 Å². The van der Waals surface area contributed by atoms with Crippen LogP contribution >= 0.6 is 0 Å². The Morgan fingerprint density at radius 1 is 1.03 bits per heavy atom. The molecular weight excluding hydrogens is 364 g/mol. The van der Waals surface area contributed by atoms with Crippen molar-refractivity contribution in [2.45, 2.75) is 72.8 Å². The fourth-order valence-electron chi connectivity index (χ4n) is 4.75. The number of nitrogens with one attached hydrogen (secondary N) is 1. The van der Waals surface area contributed by atoms with Crippen molar-refractivity contribution in [2.24, 2.45) is 11.3 Å². The lowest BCUT2D eigenvalue weighted by molar-refractivity contribution is -0.136. The molecule has 1 unspecified atom stereocenters. The summed E-state index contributed by atoms with van der Waals surface area (Å²) in [6.45, 7) is 17.4. The van der Waals surface area contributed by atoms with Crippen molar-refractivity contribution in [1.82, 2.24) is 20.0 Å². The van der Waals surface area contributed by atoms with Crippen LogP contribution in [0.2, 0.25) is 0 Å². The molecule has 2 rings (SSSR count). The Kier molecular flexibility index (Phi) is 9.41. The predicted molar refractivity (Wildman–Crippen MR) is 119 cm³/mol. The molecule has 1 N–H and O–H groups in total. The molecule has 1 saturated carbocycles. The summed E-state index contributed by atoms with van der Waals surface area (Å²) in [6, 6.07) is -0.0333. The second-order valence-corrected chi connectivity index (χ2v) is 9.96. The zero-order valence-corrected chi connectivity index (χ0v) is 19.5. The van der Waals surface area contributed by atoms with E-state index in [1.807, 2.05) is 4.90 Å². The molecule has 0 spiro atoms. The van der Waals surface area contributed by atoms with Crippen molar-refractivity contribution in [1.29, 1.82) is 0 Å². The van der Waals surface area contributed by atoms with E-state index >= 15 is 0 Å². The number of carbonyl (C=O) groups excluding carboxylic acids is 2. The molecule has 1 atom stereocenters. The first-order valence-electron chi connectivity index (χ1n) is 11.8. The summed E-state index contributed by atoms with van der Waals surface area (Å²) in [6.07, 6.45) is 5.36. The molecule has 2 aliphatic rings. The Hall–Kier alpha value is -1.14. The van der Waals surface area contributed by atoms with Crippen LogP contribution in [0.15, 0.2) is 0 Å². The lowest BCUT2D eigenvalue weighted by Gasteiger charge is -2.41. The third kappa shape index (κ3) is 7.56. The molecular formula is C23H44N4O2. The molecule has 168 valence electrons. The average Bonchev–Trinajstić information content (AvgIpc) is 3.19. The van der Waals surface area contributed by atoms with Gasteiger partial charge in [-0.05, 0) is 37.3 Å². The molecule has 2 fully saturated rings. The highest BCUT2D eigenvalue weighted by atomic mass is 16.2. The minimum Gasteiger partial charge on any atom is -0.353 e. The van der Waals surface area contributed by atoms with E-state index in [1.165, 1.54) is 12.8 Å². The van der Waals surface area contributed by atoms with E-state index in [2.05, 4.69) is 49.7 Å². The number of amides is 2. The highest BCUT2D eigenvalue weighted by Crippen LogP contribution is 2.31. The van der Waals surface area contributed by atoms with Gasteiger partial charge < -0.3 is 15.1 Å². The molecule has 1 aliphatic carbocycles. The Labute approximate surface area is 178 Å². The Morgan fingerprint density at radius 3 is 2.14 bits per heavy atom. The van der Waals surface area contributed by atoms with Crippen LogP contribution in [0.4, 0.5) is 0 Å². The molecule has 0 radical (unpaired) electrons. The van der Waals surface area contributed by atoms with Gasteiger partial charge in [-0.3, -0.25) is 14.5 Å². The number of hydrogen-bond acceptors (Lipinski definition) is 4. The van der Waals surface area contributed by atoms with Crippen LogP contribution in [0.3, 0.4) is 0 Å². The molecule has 1 saturated heterocycles. The molecule has 6 nitrogen and oxygen atoms in total. The third-order valence-electron chi connectivity index (χ3n) is 6.48. The van der Waals surface area contributed by atoms with E-state index in [4.69, 9.17) is 0 Å². The maximum Gasteiger partial charge on any atom is 0.237 e. The average molecular weight is 409 g/mol. The van der Waals surface area contributed by atoms with Gasteiger partial charge in [-0.15, -0.1) is 0 Å². The van der Waals surface area contributed by atoms with E-state index < -0.39 is 0 Å². The van der Waals surface area contributed by atoms with Crippen LogP contribution in [-0.2, 0) is 9.59 Å². The van der Waals surface area contributed by atoms with Gasteiger partial charge in [-0.2, -0.15) is 0 Å². The highest BCUT2D eigenvalue weighted by Gasteiger charge is 2.37. The quantitative estimate of drug-likeness (QED) is 0.637. The Bertz CT molecular complexity index is 513. The highest BCUT2D eigenvalue weighted by molar-refractivity contribution is 5.82. The molecule has 0 bridgehead atoms. The summed E-state index contributed by atoms with van der Waals surface area (Å²) >= 11 is 0. The maximum absolute atomic E-state index is 13.1. The van der Waals surface area contributed by atoms with Gasteiger partial charge in [-0.1, -0.05) is 47.5 Å². The second kappa shape index (κ2) is 11.3. The summed E-state index contributed by atoms with van der Waals surface area (Å²) in [5.41, 5.74) is 0.0192. The van der Waals surface area contributed by atoms with Gasteiger partial charge in [0.05, 0.1) is 6.04 Å². The van der Waals surface area contributed by atoms with Gasteiger partial charge in [0.2, 0.25) is 11.8 Å². The molecule has 0 aromatic carbocycles. The van der Waals surface area contributed by atoms with Crippen LogP contribution in [0, 0.1) is 11.3 Å². The van der Waals surface area contributed by atoms with Crippen molar-refractivity contribution in [3.63, 3.8) is 0 Å². The van der Waals surface area contributed by atoms with E-state index in [9.17, 15) is 9.59 Å². The summed E-state index contributed by atoms with van der Waals surface area (Å²) in [7, 11) is 0. The topological polar surface area (TPSA) is 55.9 Å². The van der Waals surface area contributed by atoms with Crippen molar-refractivity contribution >= 4 is 11.8 Å². The normalized spacial score (nSPS) is 20.3. The number of likely N-dealkylation sites (N-methyl/N-ethyl adjacent to an activating group) is 1. The van der Waals surface area contributed by atoms with Crippen molar-refractivity contribution in [3.05, 3.63) is 0 Å². The van der Waals surface area contributed by atoms with Crippen molar-refractivity contribution < 1.29 is 9.59 Å².